The first-order chi connectivity index (χ1) is 10.3. The number of nitrogens with zero attached hydrogens (tertiary/aromatic N) is 2. The van der Waals surface area contributed by atoms with Crippen molar-refractivity contribution in [3.63, 3.8) is 0 Å². The Balaban J connectivity index is 1.66. The molecule has 6 heteroatoms. The van der Waals surface area contributed by atoms with Gasteiger partial charge in [0, 0.05) is 18.3 Å². The summed E-state index contributed by atoms with van der Waals surface area (Å²) in [5.74, 6) is 0.511. The molecule has 0 aliphatic heterocycles. The van der Waals surface area contributed by atoms with Gasteiger partial charge in [-0.25, -0.2) is 0 Å². The van der Waals surface area contributed by atoms with Crippen molar-refractivity contribution >= 4 is 17.9 Å². The predicted octanol–water partition coefficient (Wildman–Crippen LogP) is 2.98. The number of hydrogen-bond donors (Lipinski definition) is 1. The fourth-order valence-corrected chi connectivity index (χ4v) is 1.68. The van der Waals surface area contributed by atoms with Crippen LogP contribution in [0.2, 0.25) is 0 Å². The molecule has 1 N–H and O–H groups in total. The summed E-state index contributed by atoms with van der Waals surface area (Å²) in [6.45, 7) is 0. The lowest BCUT2D eigenvalue weighted by Crippen LogP contribution is -2.06. The monoisotopic (exact) mass is 281 g/mol. The SMILES string of the molecule is O=C(C=Cc1ccco1)Nc1cc(-c2ccccn2)no1. The predicted molar refractivity (Wildman–Crippen MR) is 76.1 cm³/mol. The Morgan fingerprint density at radius 3 is 2.90 bits per heavy atom. The molecule has 3 heterocycles. The fourth-order valence-electron chi connectivity index (χ4n) is 1.68. The summed E-state index contributed by atoms with van der Waals surface area (Å²) in [6.07, 6.45) is 6.11. The molecule has 0 bridgehead atoms. The first-order valence-corrected chi connectivity index (χ1v) is 6.22. The third kappa shape index (κ3) is 3.24. The van der Waals surface area contributed by atoms with Crippen molar-refractivity contribution in [3.8, 4) is 11.4 Å². The molecular weight excluding hydrogens is 270 g/mol. The molecule has 0 saturated carbocycles. The van der Waals surface area contributed by atoms with Crippen LogP contribution in [-0.4, -0.2) is 16.0 Å². The quantitative estimate of drug-likeness (QED) is 0.743. The number of carbonyl (C=O) groups is 1. The summed E-state index contributed by atoms with van der Waals surface area (Å²) in [6, 6.07) is 10.6. The Labute approximate surface area is 120 Å². The second-order valence-corrected chi connectivity index (χ2v) is 4.13. The maximum atomic E-state index is 11.7. The van der Waals surface area contributed by atoms with E-state index in [1.54, 1.807) is 36.5 Å². The molecule has 104 valence electrons. The lowest BCUT2D eigenvalue weighted by atomic mass is 10.3. The lowest BCUT2D eigenvalue weighted by Gasteiger charge is -1.93. The molecule has 0 radical (unpaired) electrons. The zero-order valence-corrected chi connectivity index (χ0v) is 10.9. The van der Waals surface area contributed by atoms with Gasteiger partial charge in [0.25, 0.3) is 5.91 Å². The van der Waals surface area contributed by atoms with Gasteiger partial charge < -0.3 is 8.94 Å². The Morgan fingerprint density at radius 2 is 2.14 bits per heavy atom. The normalized spacial score (nSPS) is 10.9. The molecule has 0 aliphatic carbocycles. The van der Waals surface area contributed by atoms with Crippen LogP contribution in [0.1, 0.15) is 5.76 Å². The van der Waals surface area contributed by atoms with E-state index in [1.807, 2.05) is 12.1 Å². The molecule has 21 heavy (non-hydrogen) atoms. The molecule has 3 aromatic rings. The van der Waals surface area contributed by atoms with Crippen LogP contribution in [0, 0.1) is 0 Å². The zero-order chi connectivity index (χ0) is 14.5. The van der Waals surface area contributed by atoms with Crippen LogP contribution < -0.4 is 5.32 Å². The van der Waals surface area contributed by atoms with Crippen LogP contribution in [-0.2, 0) is 4.79 Å². The number of carbonyl (C=O) groups excluding carboxylic acids is 1. The average Bonchev–Trinajstić information content (AvgIpc) is 3.17. The molecule has 0 unspecified atom stereocenters. The van der Waals surface area contributed by atoms with Gasteiger partial charge in [0.2, 0.25) is 5.88 Å². The maximum absolute atomic E-state index is 11.7. The average molecular weight is 281 g/mol. The second kappa shape index (κ2) is 5.87. The highest BCUT2D eigenvalue weighted by atomic mass is 16.5. The van der Waals surface area contributed by atoms with Crippen molar-refractivity contribution in [2.75, 3.05) is 5.32 Å². The van der Waals surface area contributed by atoms with Crippen LogP contribution in [0.4, 0.5) is 5.88 Å². The van der Waals surface area contributed by atoms with Gasteiger partial charge in [0.15, 0.2) is 0 Å². The van der Waals surface area contributed by atoms with Crippen LogP contribution in [0.25, 0.3) is 17.5 Å². The molecule has 1 amide bonds. The summed E-state index contributed by atoms with van der Waals surface area (Å²) >= 11 is 0. The van der Waals surface area contributed by atoms with E-state index in [9.17, 15) is 4.79 Å². The van der Waals surface area contributed by atoms with E-state index in [0.29, 0.717) is 17.1 Å². The summed E-state index contributed by atoms with van der Waals surface area (Å²) in [5, 5.41) is 6.42. The van der Waals surface area contributed by atoms with E-state index in [-0.39, 0.29) is 11.8 Å². The van der Waals surface area contributed by atoms with Crippen molar-refractivity contribution in [2.24, 2.45) is 0 Å². The number of rotatable bonds is 4. The highest BCUT2D eigenvalue weighted by Gasteiger charge is 2.08. The smallest absolute Gasteiger partial charge is 0.250 e. The Morgan fingerprint density at radius 1 is 1.19 bits per heavy atom. The summed E-state index contributed by atoms with van der Waals surface area (Å²) < 4.78 is 10.1. The standard InChI is InChI=1S/C15H11N3O3/c19-14(7-6-11-4-3-9-20-11)17-15-10-13(18-21-15)12-5-1-2-8-16-12/h1-10H,(H,17,19). The van der Waals surface area contributed by atoms with E-state index >= 15 is 0 Å². The minimum absolute atomic E-state index is 0.254. The second-order valence-electron chi connectivity index (χ2n) is 4.13. The Kier molecular flexibility index (Phi) is 3.60. The van der Waals surface area contributed by atoms with Crippen molar-refractivity contribution in [3.05, 3.63) is 60.7 Å². The van der Waals surface area contributed by atoms with Crippen molar-refractivity contribution in [1.82, 2.24) is 10.1 Å². The van der Waals surface area contributed by atoms with Gasteiger partial charge in [0.1, 0.15) is 11.5 Å². The Hall–Kier alpha value is -3.15. The summed E-state index contributed by atoms with van der Waals surface area (Å²) in [7, 11) is 0. The molecule has 0 fully saturated rings. The van der Waals surface area contributed by atoms with Crippen molar-refractivity contribution in [2.45, 2.75) is 0 Å². The first kappa shape index (κ1) is 12.9. The van der Waals surface area contributed by atoms with Gasteiger partial charge in [-0.2, -0.15) is 0 Å². The van der Waals surface area contributed by atoms with E-state index in [2.05, 4.69) is 15.5 Å². The number of anilines is 1. The topological polar surface area (TPSA) is 81.2 Å². The van der Waals surface area contributed by atoms with Crippen LogP contribution in [0.15, 0.2) is 63.9 Å². The molecule has 3 aromatic heterocycles. The van der Waals surface area contributed by atoms with Gasteiger partial charge in [-0.1, -0.05) is 11.2 Å². The van der Waals surface area contributed by atoms with E-state index in [1.165, 1.54) is 12.3 Å². The molecule has 0 aliphatic rings. The van der Waals surface area contributed by atoms with Crippen molar-refractivity contribution < 1.29 is 13.7 Å². The number of hydrogen-bond acceptors (Lipinski definition) is 5. The minimum Gasteiger partial charge on any atom is -0.465 e. The Bertz CT molecular complexity index is 746. The van der Waals surface area contributed by atoms with Crippen LogP contribution in [0.3, 0.4) is 0 Å². The molecule has 0 aromatic carbocycles. The maximum Gasteiger partial charge on any atom is 0.250 e. The molecular formula is C15H11N3O3. The first-order valence-electron chi connectivity index (χ1n) is 6.22. The van der Waals surface area contributed by atoms with Gasteiger partial charge in [-0.3, -0.25) is 15.1 Å². The number of pyridine rings is 1. The highest BCUT2D eigenvalue weighted by molar-refractivity contribution is 6.01. The van der Waals surface area contributed by atoms with Crippen LogP contribution >= 0.6 is 0 Å². The lowest BCUT2D eigenvalue weighted by molar-refractivity contribution is -0.112. The van der Waals surface area contributed by atoms with E-state index < -0.39 is 0 Å². The van der Waals surface area contributed by atoms with E-state index in [0.717, 1.165) is 0 Å². The third-order valence-electron chi connectivity index (χ3n) is 2.63. The largest absolute Gasteiger partial charge is 0.465 e. The molecule has 0 spiro atoms. The van der Waals surface area contributed by atoms with Crippen LogP contribution in [0.5, 0.6) is 0 Å². The zero-order valence-electron chi connectivity index (χ0n) is 10.9. The molecule has 3 rings (SSSR count). The van der Waals surface area contributed by atoms with Crippen molar-refractivity contribution in [1.29, 1.82) is 0 Å². The number of amides is 1. The van der Waals surface area contributed by atoms with Gasteiger partial charge in [-0.15, -0.1) is 0 Å². The highest BCUT2D eigenvalue weighted by Crippen LogP contribution is 2.19. The fraction of sp³-hybridized carbons (Fsp3) is 0. The molecule has 6 nitrogen and oxygen atoms in total. The number of nitrogens with one attached hydrogen (secondary N) is 1. The third-order valence-corrected chi connectivity index (χ3v) is 2.63. The summed E-state index contributed by atoms with van der Waals surface area (Å²) in [4.78, 5) is 15.9. The van der Waals surface area contributed by atoms with Gasteiger partial charge in [-0.05, 0) is 30.3 Å². The van der Waals surface area contributed by atoms with E-state index in [4.69, 9.17) is 8.94 Å². The number of aromatic nitrogens is 2. The number of furan rings is 1. The van der Waals surface area contributed by atoms with Gasteiger partial charge in [0.05, 0.1) is 12.0 Å². The minimum atomic E-state index is -0.338. The molecule has 0 atom stereocenters. The summed E-state index contributed by atoms with van der Waals surface area (Å²) in [5.41, 5.74) is 1.23. The molecule has 0 saturated heterocycles. The van der Waals surface area contributed by atoms with Gasteiger partial charge >= 0.3 is 0 Å².